The van der Waals surface area contributed by atoms with Crippen molar-refractivity contribution in [3.8, 4) is 0 Å². The zero-order valence-electron chi connectivity index (χ0n) is 14.2. The minimum atomic E-state index is -0.110. The van der Waals surface area contributed by atoms with Gasteiger partial charge in [0.25, 0.3) is 5.91 Å². The van der Waals surface area contributed by atoms with Crippen molar-refractivity contribution in [2.45, 2.75) is 31.7 Å². The van der Waals surface area contributed by atoms with Crippen LogP contribution in [0.2, 0.25) is 0 Å². The van der Waals surface area contributed by atoms with Gasteiger partial charge in [-0.25, -0.2) is 0 Å². The molecule has 0 bridgehead atoms. The molecule has 134 valence electrons. The van der Waals surface area contributed by atoms with E-state index >= 15 is 0 Å². The van der Waals surface area contributed by atoms with Crippen molar-refractivity contribution in [3.05, 3.63) is 18.0 Å². The van der Waals surface area contributed by atoms with Gasteiger partial charge in [-0.2, -0.15) is 5.10 Å². The smallest absolute Gasteiger partial charge is 0.271 e. The third-order valence-corrected chi connectivity index (χ3v) is 4.61. The van der Waals surface area contributed by atoms with Crippen LogP contribution in [0.4, 0.5) is 0 Å². The summed E-state index contributed by atoms with van der Waals surface area (Å²) in [6, 6.07) is 2.15. The van der Waals surface area contributed by atoms with Gasteiger partial charge in [-0.05, 0) is 38.3 Å². The molecule has 7 nitrogen and oxygen atoms in total. The molecule has 2 N–H and O–H groups in total. The van der Waals surface area contributed by atoms with Crippen LogP contribution in [0.1, 0.15) is 42.2 Å². The van der Waals surface area contributed by atoms with E-state index in [1.54, 1.807) is 6.07 Å². The van der Waals surface area contributed by atoms with E-state index in [0.717, 1.165) is 58.6 Å². The van der Waals surface area contributed by atoms with Crippen LogP contribution in [0.25, 0.3) is 0 Å². The molecule has 2 fully saturated rings. The first-order valence-corrected chi connectivity index (χ1v) is 9.02. The molecule has 0 aliphatic carbocycles. The molecule has 0 spiro atoms. The average molecular weight is 336 g/mol. The molecule has 1 aromatic heterocycles. The average Bonchev–Trinajstić information content (AvgIpc) is 3.30. The minimum Gasteiger partial charge on any atom is -0.381 e. The lowest BCUT2D eigenvalue weighted by Gasteiger charge is -2.22. The van der Waals surface area contributed by atoms with Gasteiger partial charge in [0.1, 0.15) is 5.69 Å². The lowest BCUT2D eigenvalue weighted by Crippen LogP contribution is -2.32. The zero-order valence-corrected chi connectivity index (χ0v) is 14.2. The summed E-state index contributed by atoms with van der Waals surface area (Å²) in [6.07, 6.45) is 6.07. The summed E-state index contributed by atoms with van der Waals surface area (Å²) in [7, 11) is 0. The van der Waals surface area contributed by atoms with E-state index in [2.05, 4.69) is 15.7 Å². The van der Waals surface area contributed by atoms with Crippen LogP contribution >= 0.6 is 0 Å². The molecule has 3 heterocycles. The summed E-state index contributed by atoms with van der Waals surface area (Å²) in [4.78, 5) is 12.1. The third-order valence-electron chi connectivity index (χ3n) is 4.61. The highest BCUT2D eigenvalue weighted by atomic mass is 16.5. The molecule has 24 heavy (non-hydrogen) atoms. The van der Waals surface area contributed by atoms with E-state index < -0.39 is 0 Å². The predicted molar refractivity (Wildman–Crippen MR) is 90.1 cm³/mol. The summed E-state index contributed by atoms with van der Waals surface area (Å²) in [5.41, 5.74) is 0.490. The number of nitrogens with zero attached hydrogens (tertiary/aromatic N) is 2. The first-order valence-electron chi connectivity index (χ1n) is 9.02. The molecule has 0 saturated carbocycles. The highest BCUT2D eigenvalue weighted by Crippen LogP contribution is 2.15. The van der Waals surface area contributed by atoms with Crippen LogP contribution in [0.3, 0.4) is 0 Å². The Hall–Kier alpha value is -1.44. The van der Waals surface area contributed by atoms with Gasteiger partial charge in [0.05, 0.1) is 19.3 Å². The number of hydrogen-bond donors (Lipinski definition) is 2. The van der Waals surface area contributed by atoms with E-state index in [-0.39, 0.29) is 5.91 Å². The molecular weight excluding hydrogens is 308 g/mol. The Morgan fingerprint density at radius 1 is 1.50 bits per heavy atom. The fourth-order valence-electron chi connectivity index (χ4n) is 3.15. The molecule has 3 rings (SSSR count). The van der Waals surface area contributed by atoms with Crippen molar-refractivity contribution in [1.82, 2.24) is 20.4 Å². The predicted octanol–water partition coefficient (Wildman–Crippen LogP) is 0.981. The molecule has 7 heteroatoms. The summed E-state index contributed by atoms with van der Waals surface area (Å²) in [5, 5.41) is 10.7. The number of hydrogen-bond acceptors (Lipinski definition) is 5. The van der Waals surface area contributed by atoms with Crippen molar-refractivity contribution in [3.63, 3.8) is 0 Å². The molecule has 1 aromatic rings. The normalized spacial score (nSPS) is 24.2. The molecule has 2 aliphatic rings. The van der Waals surface area contributed by atoms with E-state index in [0.29, 0.717) is 30.8 Å². The maximum absolute atomic E-state index is 12.1. The number of carbonyl (C=O) groups excluding carboxylic acids is 1. The molecule has 0 radical (unpaired) electrons. The molecule has 2 aliphatic heterocycles. The molecule has 2 saturated heterocycles. The lowest BCUT2D eigenvalue weighted by molar-refractivity contribution is 0.0851. The summed E-state index contributed by atoms with van der Waals surface area (Å²) >= 11 is 0. The number of nitrogens with one attached hydrogen (secondary N) is 2. The lowest BCUT2D eigenvalue weighted by atomic mass is 10.1. The van der Waals surface area contributed by atoms with Crippen LogP contribution in [0, 0.1) is 5.92 Å². The molecule has 1 amide bonds. The van der Waals surface area contributed by atoms with Crippen LogP contribution in [0.5, 0.6) is 0 Å². The highest BCUT2D eigenvalue weighted by Gasteiger charge is 2.18. The van der Waals surface area contributed by atoms with Crippen LogP contribution in [-0.2, 0) is 9.47 Å². The Morgan fingerprint density at radius 2 is 2.46 bits per heavy atom. The molecule has 0 aromatic carbocycles. The van der Waals surface area contributed by atoms with Crippen molar-refractivity contribution in [2.24, 2.45) is 5.92 Å². The van der Waals surface area contributed by atoms with Crippen molar-refractivity contribution in [2.75, 3.05) is 46.1 Å². The van der Waals surface area contributed by atoms with Crippen LogP contribution < -0.4 is 10.6 Å². The van der Waals surface area contributed by atoms with E-state index in [1.165, 1.54) is 0 Å². The first kappa shape index (κ1) is 17.4. The quantitative estimate of drug-likeness (QED) is 0.692. The van der Waals surface area contributed by atoms with Gasteiger partial charge in [0.2, 0.25) is 0 Å². The van der Waals surface area contributed by atoms with Gasteiger partial charge in [-0.1, -0.05) is 0 Å². The third kappa shape index (κ3) is 5.03. The number of carbonyl (C=O) groups is 1. The van der Waals surface area contributed by atoms with E-state index in [1.807, 2.05) is 10.9 Å². The van der Waals surface area contributed by atoms with Crippen LogP contribution in [-0.4, -0.2) is 61.7 Å². The Labute approximate surface area is 143 Å². The Kier molecular flexibility index (Phi) is 6.63. The topological polar surface area (TPSA) is 77.4 Å². The molecular formula is C17H28N4O3. The second kappa shape index (κ2) is 9.15. The zero-order chi connectivity index (χ0) is 16.6. The maximum Gasteiger partial charge on any atom is 0.271 e. The monoisotopic (exact) mass is 336 g/mol. The number of amides is 1. The Bertz CT molecular complexity index is 508. The van der Waals surface area contributed by atoms with Gasteiger partial charge >= 0.3 is 0 Å². The summed E-state index contributed by atoms with van der Waals surface area (Å²) in [5.74, 6) is 0.430. The van der Waals surface area contributed by atoms with Gasteiger partial charge in [-0.15, -0.1) is 0 Å². The molecule has 2 unspecified atom stereocenters. The van der Waals surface area contributed by atoms with E-state index in [9.17, 15) is 4.79 Å². The Balaban J connectivity index is 1.31. The van der Waals surface area contributed by atoms with Gasteiger partial charge in [0.15, 0.2) is 0 Å². The second-order valence-corrected chi connectivity index (χ2v) is 6.60. The van der Waals surface area contributed by atoms with Crippen molar-refractivity contribution in [1.29, 1.82) is 0 Å². The van der Waals surface area contributed by atoms with Crippen LogP contribution in [0.15, 0.2) is 12.3 Å². The summed E-state index contributed by atoms with van der Waals surface area (Å²) in [6.45, 7) is 5.70. The fourth-order valence-corrected chi connectivity index (χ4v) is 3.15. The summed E-state index contributed by atoms with van der Waals surface area (Å²) < 4.78 is 12.9. The fraction of sp³-hybridized carbons (Fsp3) is 0.765. The maximum atomic E-state index is 12.1. The van der Waals surface area contributed by atoms with Gasteiger partial charge < -0.3 is 20.1 Å². The Morgan fingerprint density at radius 3 is 3.25 bits per heavy atom. The van der Waals surface area contributed by atoms with Crippen molar-refractivity contribution < 1.29 is 14.3 Å². The highest BCUT2D eigenvalue weighted by molar-refractivity contribution is 5.92. The van der Waals surface area contributed by atoms with Crippen molar-refractivity contribution >= 4 is 5.91 Å². The number of ether oxygens (including phenoxy) is 2. The van der Waals surface area contributed by atoms with Gasteiger partial charge in [-0.3, -0.25) is 9.48 Å². The number of piperidine rings is 1. The first-order chi connectivity index (χ1) is 11.8. The standard InChI is InChI=1S/C17H28N4O3/c22-17(19-7-2-9-23-12-14-5-10-24-13-14)16-4-8-21(20-16)15-3-1-6-18-11-15/h4,8,14-15,18H,1-3,5-7,9-13H2,(H,19,22). The van der Waals surface area contributed by atoms with Gasteiger partial charge in [0, 0.05) is 38.4 Å². The molecule has 2 atom stereocenters. The second-order valence-electron chi connectivity index (χ2n) is 6.60. The number of rotatable bonds is 8. The minimum absolute atomic E-state index is 0.110. The largest absolute Gasteiger partial charge is 0.381 e. The van der Waals surface area contributed by atoms with E-state index in [4.69, 9.17) is 9.47 Å². The SMILES string of the molecule is O=C(NCCCOCC1CCOC1)c1ccn(C2CCCNC2)n1. The number of aromatic nitrogens is 2.